The summed E-state index contributed by atoms with van der Waals surface area (Å²) in [4.78, 5) is 4.26. The summed E-state index contributed by atoms with van der Waals surface area (Å²) in [7, 11) is -7.73. The number of rotatable bonds is 7. The van der Waals surface area contributed by atoms with Gasteiger partial charge in [0.1, 0.15) is 6.33 Å². The normalized spacial score (nSPS) is 12.5. The maximum atomic E-state index is 13.3. The average molecular weight is 484 g/mol. The van der Waals surface area contributed by atoms with Gasteiger partial charge in [0, 0.05) is 13.1 Å². The topological polar surface area (TPSA) is 89.3 Å². The second-order valence-corrected chi connectivity index (χ2v) is 11.6. The third-order valence-electron chi connectivity index (χ3n) is 5.70. The monoisotopic (exact) mass is 483 g/mol. The molecule has 33 heavy (non-hydrogen) atoms. The summed E-state index contributed by atoms with van der Waals surface area (Å²) >= 11 is 0. The minimum absolute atomic E-state index is 0.00918. The molecule has 0 saturated carbocycles. The largest absolute Gasteiger partial charge is 0.269 e. The molecular weight excluding hydrogens is 458 g/mol. The van der Waals surface area contributed by atoms with E-state index >= 15 is 0 Å². The molecule has 0 aliphatic carbocycles. The van der Waals surface area contributed by atoms with Crippen LogP contribution in [0.1, 0.15) is 23.6 Å². The van der Waals surface area contributed by atoms with Gasteiger partial charge in [0.2, 0.25) is 10.0 Å². The lowest BCUT2D eigenvalue weighted by molar-refractivity contribution is 0.423. The molecule has 172 valence electrons. The van der Waals surface area contributed by atoms with E-state index < -0.39 is 20.0 Å². The van der Waals surface area contributed by atoms with Crippen molar-refractivity contribution in [1.82, 2.24) is 13.3 Å². The van der Waals surface area contributed by atoms with Crippen LogP contribution in [0.25, 0.3) is 11.0 Å². The quantitative estimate of drug-likeness (QED) is 0.395. The van der Waals surface area contributed by atoms with Crippen molar-refractivity contribution in [2.24, 2.45) is 0 Å². The highest BCUT2D eigenvalue weighted by molar-refractivity contribution is 7.90. The molecule has 0 fully saturated rings. The predicted molar refractivity (Wildman–Crippen MR) is 128 cm³/mol. The lowest BCUT2D eigenvalue weighted by atomic mass is 10.1. The fourth-order valence-electron chi connectivity index (χ4n) is 3.63. The van der Waals surface area contributed by atoms with E-state index in [9.17, 15) is 16.8 Å². The number of aromatic nitrogens is 2. The Labute approximate surface area is 194 Å². The van der Waals surface area contributed by atoms with Crippen molar-refractivity contribution in [2.45, 2.75) is 37.1 Å². The van der Waals surface area contributed by atoms with Crippen LogP contribution in [0.5, 0.6) is 0 Å². The van der Waals surface area contributed by atoms with Crippen LogP contribution < -0.4 is 0 Å². The molecule has 0 amide bonds. The molecule has 0 radical (unpaired) electrons. The van der Waals surface area contributed by atoms with Gasteiger partial charge in [-0.2, -0.15) is 4.31 Å². The molecule has 0 aliphatic heterocycles. The van der Waals surface area contributed by atoms with Gasteiger partial charge in [-0.15, -0.1) is 0 Å². The van der Waals surface area contributed by atoms with E-state index in [0.29, 0.717) is 11.0 Å². The Hall–Kier alpha value is -3.01. The Balaban J connectivity index is 1.67. The van der Waals surface area contributed by atoms with Gasteiger partial charge >= 0.3 is 0 Å². The lowest BCUT2D eigenvalue weighted by Gasteiger charge is -2.21. The van der Waals surface area contributed by atoms with Gasteiger partial charge in [0.05, 0.1) is 20.8 Å². The summed E-state index contributed by atoms with van der Waals surface area (Å²) in [6.45, 7) is 6.15. The van der Waals surface area contributed by atoms with Crippen molar-refractivity contribution >= 4 is 31.1 Å². The molecule has 4 rings (SSSR count). The van der Waals surface area contributed by atoms with Crippen LogP contribution in [0.2, 0.25) is 0 Å². The predicted octanol–water partition coefficient (Wildman–Crippen LogP) is 4.10. The van der Waals surface area contributed by atoms with Crippen molar-refractivity contribution in [1.29, 1.82) is 0 Å². The molecule has 1 heterocycles. The van der Waals surface area contributed by atoms with Crippen molar-refractivity contribution < 1.29 is 16.8 Å². The summed E-state index contributed by atoms with van der Waals surface area (Å²) in [6, 6.07) is 18.3. The highest BCUT2D eigenvalue weighted by Crippen LogP contribution is 2.25. The van der Waals surface area contributed by atoms with E-state index in [1.807, 2.05) is 50.2 Å². The summed E-state index contributed by atoms with van der Waals surface area (Å²) in [5, 5.41) is 0. The summed E-state index contributed by atoms with van der Waals surface area (Å²) in [5.41, 5.74) is 3.92. The number of hydrogen-bond acceptors (Lipinski definition) is 5. The molecule has 0 spiro atoms. The first-order valence-electron chi connectivity index (χ1n) is 10.5. The van der Waals surface area contributed by atoms with Crippen molar-refractivity contribution in [3.63, 3.8) is 0 Å². The Morgan fingerprint density at radius 1 is 0.848 bits per heavy atom. The van der Waals surface area contributed by atoms with E-state index in [0.717, 1.165) is 20.7 Å². The molecule has 0 bridgehead atoms. The van der Waals surface area contributed by atoms with Gasteiger partial charge in [-0.05, 0) is 66.9 Å². The minimum Gasteiger partial charge on any atom is -0.236 e. The molecule has 0 saturated heterocycles. The van der Waals surface area contributed by atoms with Crippen LogP contribution in [0, 0.1) is 13.8 Å². The molecule has 3 aromatic carbocycles. The molecule has 4 aromatic rings. The maximum absolute atomic E-state index is 13.3. The first-order chi connectivity index (χ1) is 15.6. The number of imidazole rings is 1. The second kappa shape index (κ2) is 8.74. The number of fused-ring (bicyclic) bond motifs is 1. The SMILES string of the molecule is CCN(Cc1ccccc1)S(=O)(=O)c1ccc(S(=O)(=O)n2cnc3cc(C)c(C)cc32)cc1. The van der Waals surface area contributed by atoms with Crippen molar-refractivity contribution in [3.8, 4) is 0 Å². The number of nitrogens with zero attached hydrogens (tertiary/aromatic N) is 3. The Morgan fingerprint density at radius 3 is 2.09 bits per heavy atom. The lowest BCUT2D eigenvalue weighted by Crippen LogP contribution is -2.30. The number of aryl methyl sites for hydroxylation is 2. The van der Waals surface area contributed by atoms with Gasteiger partial charge in [-0.25, -0.2) is 25.8 Å². The standard InChI is InChI=1S/C24H25N3O4S2/c1-4-26(16-20-8-6-5-7-9-20)32(28,29)21-10-12-22(13-11-21)33(30,31)27-17-25-23-14-18(2)19(3)15-24(23)27/h5-15,17H,4,16H2,1-3H3. The Kier molecular flexibility index (Phi) is 6.13. The van der Waals surface area contributed by atoms with Crippen molar-refractivity contribution in [3.05, 3.63) is 89.7 Å². The van der Waals surface area contributed by atoms with E-state index in [4.69, 9.17) is 0 Å². The van der Waals surface area contributed by atoms with Crippen LogP contribution in [0.15, 0.2) is 82.8 Å². The van der Waals surface area contributed by atoms with Gasteiger partial charge in [-0.1, -0.05) is 37.3 Å². The maximum Gasteiger partial charge on any atom is 0.269 e. The molecule has 1 aromatic heterocycles. The molecule has 0 N–H and O–H groups in total. The highest BCUT2D eigenvalue weighted by atomic mass is 32.2. The summed E-state index contributed by atoms with van der Waals surface area (Å²) in [5.74, 6) is 0. The van der Waals surface area contributed by atoms with E-state index in [-0.39, 0.29) is 22.9 Å². The van der Waals surface area contributed by atoms with E-state index in [2.05, 4.69) is 4.98 Å². The van der Waals surface area contributed by atoms with E-state index in [1.54, 1.807) is 13.0 Å². The zero-order chi connectivity index (χ0) is 23.8. The van der Waals surface area contributed by atoms with Crippen LogP contribution in [-0.4, -0.2) is 36.6 Å². The second-order valence-electron chi connectivity index (χ2n) is 7.86. The molecule has 9 heteroatoms. The average Bonchev–Trinajstić information content (AvgIpc) is 3.21. The van der Waals surface area contributed by atoms with Gasteiger partial charge in [-0.3, -0.25) is 0 Å². The van der Waals surface area contributed by atoms with E-state index in [1.165, 1.54) is 34.9 Å². The smallest absolute Gasteiger partial charge is 0.236 e. The molecule has 0 unspecified atom stereocenters. The molecule has 0 aliphatic rings. The third kappa shape index (κ3) is 4.31. The fourth-order valence-corrected chi connectivity index (χ4v) is 6.35. The number of sulfonamides is 1. The molecular formula is C24H25N3O4S2. The Bertz CT molecular complexity index is 1510. The Morgan fingerprint density at radius 2 is 1.45 bits per heavy atom. The molecule has 0 atom stereocenters. The molecule has 7 nitrogen and oxygen atoms in total. The first kappa shape index (κ1) is 23.2. The zero-order valence-electron chi connectivity index (χ0n) is 18.6. The highest BCUT2D eigenvalue weighted by Gasteiger charge is 2.25. The first-order valence-corrected chi connectivity index (χ1v) is 13.4. The fraction of sp³-hybridized carbons (Fsp3) is 0.208. The van der Waals surface area contributed by atoms with Gasteiger partial charge in [0.25, 0.3) is 10.0 Å². The van der Waals surface area contributed by atoms with Gasteiger partial charge in [0.15, 0.2) is 0 Å². The summed E-state index contributed by atoms with van der Waals surface area (Å²) < 4.78 is 55.3. The third-order valence-corrected chi connectivity index (χ3v) is 9.31. The van der Waals surface area contributed by atoms with Crippen LogP contribution >= 0.6 is 0 Å². The van der Waals surface area contributed by atoms with Crippen LogP contribution in [0.3, 0.4) is 0 Å². The number of hydrogen-bond donors (Lipinski definition) is 0. The minimum atomic E-state index is -3.94. The van der Waals surface area contributed by atoms with Gasteiger partial charge < -0.3 is 0 Å². The van der Waals surface area contributed by atoms with Crippen molar-refractivity contribution in [2.75, 3.05) is 6.54 Å². The summed E-state index contributed by atoms with van der Waals surface area (Å²) in [6.07, 6.45) is 1.28. The zero-order valence-corrected chi connectivity index (χ0v) is 20.3. The number of benzene rings is 3. The van der Waals surface area contributed by atoms with Crippen LogP contribution in [0.4, 0.5) is 0 Å². The van der Waals surface area contributed by atoms with Crippen LogP contribution in [-0.2, 0) is 26.6 Å².